The molecule has 12 heteroatoms. The number of nitrogens with one attached hydrogen (secondary N) is 4. The van der Waals surface area contributed by atoms with Gasteiger partial charge in [-0.1, -0.05) is 96.5 Å². The fourth-order valence-corrected chi connectivity index (χ4v) is 4.88. The van der Waals surface area contributed by atoms with E-state index in [0.29, 0.717) is 25.8 Å². The highest BCUT2D eigenvalue weighted by Crippen LogP contribution is 2.25. The van der Waals surface area contributed by atoms with Crippen molar-refractivity contribution >= 4 is 69.6 Å². The molecule has 8 nitrogen and oxygen atoms in total. The predicted octanol–water partition coefficient (Wildman–Crippen LogP) is 7.10. The monoisotopic (exact) mass is 684 g/mol. The lowest BCUT2D eigenvalue weighted by Gasteiger charge is -2.21. The van der Waals surface area contributed by atoms with E-state index >= 15 is 0 Å². The number of aliphatic hydroxyl groups is 2. The quantitative estimate of drug-likeness (QED) is 0.108. The molecule has 0 bridgehead atoms. The standard InChI is InChI=1S/C17H18Cl2N2O2.C15H22Cl2N2O2/c1-11(20-15-8-13(18)7-14(19)9-15)17(23)21-16(10-22)12-5-3-2-4-6-12;1-3-4-5-12(9-20)19-15(21)10(2)18-11-6-7-13(16)14(17)8-11/h2-9,11,16,20,22H,10H2,1H3,(H,21,23);6-8,10,12,18,20H,3-5,9H2,1-2H3,(H,19,21). The predicted molar refractivity (Wildman–Crippen MR) is 182 cm³/mol. The Kier molecular flexibility index (Phi) is 16.7. The van der Waals surface area contributed by atoms with Gasteiger partial charge in [-0.3, -0.25) is 9.59 Å². The van der Waals surface area contributed by atoms with Gasteiger partial charge in [0.1, 0.15) is 12.1 Å². The summed E-state index contributed by atoms with van der Waals surface area (Å²) in [5.41, 5.74) is 2.23. The molecule has 3 aromatic rings. The van der Waals surface area contributed by atoms with Crippen LogP contribution in [0.25, 0.3) is 0 Å². The number of carbonyl (C=O) groups is 2. The van der Waals surface area contributed by atoms with Gasteiger partial charge in [-0.25, -0.2) is 0 Å². The number of unbranched alkanes of at least 4 members (excludes halogenated alkanes) is 1. The minimum absolute atomic E-state index is 0.0504. The third kappa shape index (κ3) is 13.1. The van der Waals surface area contributed by atoms with Gasteiger partial charge in [0.05, 0.1) is 35.3 Å². The van der Waals surface area contributed by atoms with E-state index in [4.69, 9.17) is 46.4 Å². The summed E-state index contributed by atoms with van der Waals surface area (Å²) in [6.07, 6.45) is 2.78. The summed E-state index contributed by atoms with van der Waals surface area (Å²) in [4.78, 5) is 24.4. The number of aliphatic hydroxyl groups excluding tert-OH is 2. The molecule has 0 aromatic heterocycles. The van der Waals surface area contributed by atoms with Crippen LogP contribution in [0, 0.1) is 0 Å². The SMILES string of the molecule is CC(Nc1cc(Cl)cc(Cl)c1)C(=O)NC(CO)c1ccccc1.CCCCC(CO)NC(=O)C(C)Nc1ccc(Cl)c(Cl)c1. The van der Waals surface area contributed by atoms with Crippen LogP contribution in [0.4, 0.5) is 11.4 Å². The number of carbonyl (C=O) groups excluding carboxylic acids is 2. The van der Waals surface area contributed by atoms with Crippen molar-refractivity contribution in [3.05, 3.63) is 92.4 Å². The van der Waals surface area contributed by atoms with Crippen LogP contribution in [0.3, 0.4) is 0 Å². The number of anilines is 2. The van der Waals surface area contributed by atoms with Gasteiger partial charge in [-0.05, 0) is 62.2 Å². The Hall–Kier alpha value is -2.72. The van der Waals surface area contributed by atoms with Gasteiger partial charge in [-0.2, -0.15) is 0 Å². The van der Waals surface area contributed by atoms with Crippen molar-refractivity contribution in [1.29, 1.82) is 0 Å². The van der Waals surface area contributed by atoms with Crippen LogP contribution in [-0.4, -0.2) is 53.4 Å². The average Bonchev–Trinajstić information content (AvgIpc) is 2.99. The number of halogens is 4. The Bertz CT molecular complexity index is 1310. The lowest BCUT2D eigenvalue weighted by atomic mass is 10.1. The molecule has 0 radical (unpaired) electrons. The van der Waals surface area contributed by atoms with Crippen molar-refractivity contribution in [3.63, 3.8) is 0 Å². The fraction of sp³-hybridized carbons (Fsp3) is 0.375. The number of benzene rings is 3. The summed E-state index contributed by atoms with van der Waals surface area (Å²) in [5, 5.41) is 32.4. The molecular weight excluding hydrogens is 646 g/mol. The Morgan fingerprint density at radius 1 is 0.727 bits per heavy atom. The van der Waals surface area contributed by atoms with Crippen molar-refractivity contribution in [2.75, 3.05) is 23.8 Å². The second kappa shape index (κ2) is 19.6. The topological polar surface area (TPSA) is 123 Å². The Labute approximate surface area is 279 Å². The van der Waals surface area contributed by atoms with Crippen molar-refractivity contribution in [3.8, 4) is 0 Å². The third-order valence-corrected chi connectivity index (χ3v) is 7.68. The summed E-state index contributed by atoms with van der Waals surface area (Å²) in [5.74, 6) is -0.389. The zero-order chi connectivity index (χ0) is 32.6. The molecule has 0 fully saturated rings. The van der Waals surface area contributed by atoms with E-state index in [-0.39, 0.29) is 31.1 Å². The summed E-state index contributed by atoms with van der Waals surface area (Å²) in [6, 6.07) is 17.8. The zero-order valence-electron chi connectivity index (χ0n) is 24.9. The molecule has 0 spiro atoms. The van der Waals surface area contributed by atoms with E-state index in [1.165, 1.54) is 0 Å². The molecule has 3 aromatic carbocycles. The lowest BCUT2D eigenvalue weighted by molar-refractivity contribution is -0.123. The first-order chi connectivity index (χ1) is 21.0. The fourth-order valence-electron chi connectivity index (χ4n) is 4.06. The van der Waals surface area contributed by atoms with Crippen molar-refractivity contribution in [1.82, 2.24) is 10.6 Å². The van der Waals surface area contributed by atoms with E-state index in [2.05, 4.69) is 28.2 Å². The van der Waals surface area contributed by atoms with Gasteiger partial charge in [-0.15, -0.1) is 0 Å². The van der Waals surface area contributed by atoms with Crippen molar-refractivity contribution < 1.29 is 19.8 Å². The first kappa shape index (κ1) is 37.5. The maximum absolute atomic E-state index is 12.3. The summed E-state index contributed by atoms with van der Waals surface area (Å²) < 4.78 is 0. The minimum Gasteiger partial charge on any atom is -0.394 e. The largest absolute Gasteiger partial charge is 0.394 e. The average molecular weight is 687 g/mol. The van der Waals surface area contributed by atoms with Gasteiger partial charge in [0.2, 0.25) is 11.8 Å². The molecule has 0 aliphatic carbocycles. The van der Waals surface area contributed by atoms with E-state index in [1.807, 2.05) is 30.3 Å². The Balaban J connectivity index is 0.000000308. The summed E-state index contributed by atoms with van der Waals surface area (Å²) in [7, 11) is 0. The molecule has 4 atom stereocenters. The molecule has 4 unspecified atom stereocenters. The van der Waals surface area contributed by atoms with E-state index in [1.54, 1.807) is 50.2 Å². The first-order valence-corrected chi connectivity index (χ1v) is 15.8. The van der Waals surface area contributed by atoms with Crippen LogP contribution in [0.15, 0.2) is 66.7 Å². The first-order valence-electron chi connectivity index (χ1n) is 14.3. The number of rotatable bonds is 14. The van der Waals surface area contributed by atoms with Gasteiger partial charge in [0, 0.05) is 21.4 Å². The Morgan fingerprint density at radius 3 is 1.86 bits per heavy atom. The van der Waals surface area contributed by atoms with Crippen LogP contribution in [0.5, 0.6) is 0 Å². The lowest BCUT2D eigenvalue weighted by Crippen LogP contribution is -2.44. The molecular formula is C32H40Cl4N4O4. The molecule has 240 valence electrons. The molecule has 0 aliphatic rings. The van der Waals surface area contributed by atoms with E-state index < -0.39 is 18.1 Å². The van der Waals surface area contributed by atoms with Gasteiger partial charge >= 0.3 is 0 Å². The minimum atomic E-state index is -0.512. The number of amides is 2. The van der Waals surface area contributed by atoms with Crippen LogP contribution >= 0.6 is 46.4 Å². The van der Waals surface area contributed by atoms with Gasteiger partial charge < -0.3 is 31.5 Å². The van der Waals surface area contributed by atoms with Gasteiger partial charge in [0.25, 0.3) is 0 Å². The molecule has 3 rings (SSSR count). The maximum atomic E-state index is 12.3. The summed E-state index contributed by atoms with van der Waals surface area (Å²) in [6.45, 7) is 5.33. The van der Waals surface area contributed by atoms with Crippen LogP contribution in [0.1, 0.15) is 51.6 Å². The highest BCUT2D eigenvalue weighted by molar-refractivity contribution is 6.42. The van der Waals surface area contributed by atoms with Crippen molar-refractivity contribution in [2.24, 2.45) is 0 Å². The second-order valence-corrected chi connectivity index (χ2v) is 11.9. The normalized spacial score (nSPS) is 13.4. The van der Waals surface area contributed by atoms with Gasteiger partial charge in [0.15, 0.2) is 0 Å². The van der Waals surface area contributed by atoms with Crippen LogP contribution < -0.4 is 21.3 Å². The smallest absolute Gasteiger partial charge is 0.242 e. The zero-order valence-corrected chi connectivity index (χ0v) is 27.9. The number of hydrogen-bond donors (Lipinski definition) is 6. The molecule has 6 N–H and O–H groups in total. The molecule has 0 saturated carbocycles. The highest BCUT2D eigenvalue weighted by atomic mass is 35.5. The third-order valence-electron chi connectivity index (χ3n) is 6.51. The molecule has 0 saturated heterocycles. The number of hydrogen-bond acceptors (Lipinski definition) is 6. The molecule has 0 heterocycles. The molecule has 0 aliphatic heterocycles. The molecule has 2 amide bonds. The van der Waals surface area contributed by atoms with Crippen molar-refractivity contribution in [2.45, 2.75) is 64.2 Å². The van der Waals surface area contributed by atoms with Crippen LogP contribution in [0.2, 0.25) is 20.1 Å². The Morgan fingerprint density at radius 2 is 1.32 bits per heavy atom. The maximum Gasteiger partial charge on any atom is 0.242 e. The highest BCUT2D eigenvalue weighted by Gasteiger charge is 2.19. The van der Waals surface area contributed by atoms with E-state index in [9.17, 15) is 19.8 Å². The molecule has 44 heavy (non-hydrogen) atoms. The van der Waals surface area contributed by atoms with E-state index in [0.717, 1.165) is 30.5 Å². The second-order valence-electron chi connectivity index (χ2n) is 10.2. The van der Waals surface area contributed by atoms with Crippen LogP contribution in [-0.2, 0) is 9.59 Å². The summed E-state index contributed by atoms with van der Waals surface area (Å²) >= 11 is 23.7.